The van der Waals surface area contributed by atoms with Crippen LogP contribution in [0.3, 0.4) is 0 Å². The number of rotatable bonds is 8. The van der Waals surface area contributed by atoms with Gasteiger partial charge in [-0.15, -0.1) is 0 Å². The Bertz CT molecular complexity index is 977. The van der Waals surface area contributed by atoms with Gasteiger partial charge in [0.25, 0.3) is 5.91 Å². The maximum atomic E-state index is 11.9. The highest BCUT2D eigenvalue weighted by Crippen LogP contribution is 2.28. The third-order valence-corrected chi connectivity index (χ3v) is 4.90. The highest BCUT2D eigenvalue weighted by molar-refractivity contribution is 9.11. The Morgan fingerprint density at radius 1 is 0.966 bits per heavy atom. The Kier molecular flexibility index (Phi) is 7.84. The first-order valence-corrected chi connectivity index (χ1v) is 10.4. The number of ether oxygens (including phenoxy) is 2. The van der Waals surface area contributed by atoms with Crippen LogP contribution < -0.4 is 14.9 Å². The molecule has 7 heteroatoms. The smallest absolute Gasteiger partial charge is 0.277 e. The molecule has 3 aromatic carbocycles. The fraction of sp³-hybridized carbons (Fsp3) is 0.0909. The Balaban J connectivity index is 1.43. The molecule has 29 heavy (non-hydrogen) atoms. The Morgan fingerprint density at radius 3 is 2.45 bits per heavy atom. The van der Waals surface area contributed by atoms with Gasteiger partial charge in [-0.3, -0.25) is 4.79 Å². The number of amides is 1. The monoisotopic (exact) mass is 516 g/mol. The van der Waals surface area contributed by atoms with Crippen molar-refractivity contribution >= 4 is 44.0 Å². The largest absolute Gasteiger partial charge is 0.489 e. The van der Waals surface area contributed by atoms with Crippen molar-refractivity contribution in [3.63, 3.8) is 0 Å². The van der Waals surface area contributed by atoms with Gasteiger partial charge >= 0.3 is 0 Å². The molecule has 0 unspecified atom stereocenters. The van der Waals surface area contributed by atoms with Crippen LogP contribution in [-0.4, -0.2) is 18.7 Å². The van der Waals surface area contributed by atoms with E-state index in [1.165, 1.54) is 0 Å². The van der Waals surface area contributed by atoms with Gasteiger partial charge in [-0.05, 0) is 69.5 Å². The van der Waals surface area contributed by atoms with Gasteiger partial charge in [0, 0.05) is 4.47 Å². The van der Waals surface area contributed by atoms with Crippen LogP contribution in [0.15, 0.2) is 86.8 Å². The Hall–Kier alpha value is -2.64. The summed E-state index contributed by atoms with van der Waals surface area (Å²) in [5.41, 5.74) is 4.39. The van der Waals surface area contributed by atoms with Gasteiger partial charge in [0.05, 0.1) is 10.7 Å². The van der Waals surface area contributed by atoms with E-state index in [0.717, 1.165) is 25.8 Å². The van der Waals surface area contributed by atoms with Crippen molar-refractivity contribution < 1.29 is 14.3 Å². The fourth-order valence-electron chi connectivity index (χ4n) is 2.34. The molecule has 3 aromatic rings. The summed E-state index contributed by atoms with van der Waals surface area (Å²) in [6, 6.07) is 22.9. The molecule has 0 bridgehead atoms. The zero-order valence-electron chi connectivity index (χ0n) is 15.3. The molecule has 1 N–H and O–H groups in total. The Morgan fingerprint density at radius 2 is 1.72 bits per heavy atom. The SMILES string of the molecule is O=C(COc1ccc(Br)cc1Br)N/N=C/c1ccc(OCc2ccccc2)cc1. The summed E-state index contributed by atoms with van der Waals surface area (Å²) in [7, 11) is 0. The molecule has 5 nitrogen and oxygen atoms in total. The predicted molar refractivity (Wildman–Crippen MR) is 120 cm³/mol. The summed E-state index contributed by atoms with van der Waals surface area (Å²) in [5.74, 6) is 1.00. The first-order valence-electron chi connectivity index (χ1n) is 8.77. The van der Waals surface area contributed by atoms with Crippen molar-refractivity contribution in [1.29, 1.82) is 0 Å². The van der Waals surface area contributed by atoms with Crippen LogP contribution in [0.2, 0.25) is 0 Å². The van der Waals surface area contributed by atoms with Crippen LogP contribution in [0.25, 0.3) is 0 Å². The Labute approximate surface area is 186 Å². The van der Waals surface area contributed by atoms with Gasteiger partial charge in [0.2, 0.25) is 0 Å². The molecule has 0 aliphatic carbocycles. The van der Waals surface area contributed by atoms with E-state index in [4.69, 9.17) is 9.47 Å². The fourth-order valence-corrected chi connectivity index (χ4v) is 3.50. The zero-order chi connectivity index (χ0) is 20.5. The van der Waals surface area contributed by atoms with E-state index in [2.05, 4.69) is 42.4 Å². The first-order chi connectivity index (χ1) is 14.1. The lowest BCUT2D eigenvalue weighted by molar-refractivity contribution is -0.123. The lowest BCUT2D eigenvalue weighted by atomic mass is 10.2. The van der Waals surface area contributed by atoms with E-state index in [0.29, 0.717) is 12.4 Å². The van der Waals surface area contributed by atoms with E-state index in [1.54, 1.807) is 12.3 Å². The van der Waals surface area contributed by atoms with Crippen molar-refractivity contribution in [3.05, 3.63) is 92.9 Å². The highest BCUT2D eigenvalue weighted by Gasteiger charge is 2.05. The molecule has 148 valence electrons. The minimum Gasteiger partial charge on any atom is -0.489 e. The maximum Gasteiger partial charge on any atom is 0.277 e. The predicted octanol–water partition coefficient (Wildman–Crippen LogP) is 5.32. The van der Waals surface area contributed by atoms with E-state index < -0.39 is 0 Å². The molecule has 0 saturated carbocycles. The molecule has 0 fully saturated rings. The average Bonchev–Trinajstić information content (AvgIpc) is 2.73. The van der Waals surface area contributed by atoms with Crippen molar-refractivity contribution in [2.24, 2.45) is 5.10 Å². The molecule has 0 aliphatic rings. The zero-order valence-corrected chi connectivity index (χ0v) is 18.5. The van der Waals surface area contributed by atoms with E-state index in [-0.39, 0.29) is 12.5 Å². The topological polar surface area (TPSA) is 59.9 Å². The number of benzene rings is 3. The third kappa shape index (κ3) is 7.03. The van der Waals surface area contributed by atoms with Crippen LogP contribution in [0.5, 0.6) is 11.5 Å². The molecule has 0 aliphatic heterocycles. The minimum absolute atomic E-state index is 0.135. The van der Waals surface area contributed by atoms with Crippen LogP contribution in [0.1, 0.15) is 11.1 Å². The van der Waals surface area contributed by atoms with E-state index in [1.807, 2.05) is 66.7 Å². The summed E-state index contributed by atoms with van der Waals surface area (Å²) in [6.07, 6.45) is 1.56. The van der Waals surface area contributed by atoms with Gasteiger partial charge < -0.3 is 9.47 Å². The van der Waals surface area contributed by atoms with Crippen LogP contribution in [-0.2, 0) is 11.4 Å². The van der Waals surface area contributed by atoms with Gasteiger partial charge in [0.15, 0.2) is 6.61 Å². The van der Waals surface area contributed by atoms with Crippen molar-refractivity contribution in [2.75, 3.05) is 6.61 Å². The maximum absolute atomic E-state index is 11.9. The van der Waals surface area contributed by atoms with Gasteiger partial charge in [0.1, 0.15) is 18.1 Å². The van der Waals surface area contributed by atoms with Crippen molar-refractivity contribution in [2.45, 2.75) is 6.61 Å². The average molecular weight is 518 g/mol. The first kappa shape index (κ1) is 21.1. The number of nitrogens with one attached hydrogen (secondary N) is 1. The van der Waals surface area contributed by atoms with E-state index >= 15 is 0 Å². The quantitative estimate of drug-likeness (QED) is 0.325. The van der Waals surface area contributed by atoms with Crippen molar-refractivity contribution in [3.8, 4) is 11.5 Å². The molecule has 0 heterocycles. The second-order valence-electron chi connectivity index (χ2n) is 6.00. The molecule has 0 radical (unpaired) electrons. The molecule has 0 aromatic heterocycles. The number of hydrazone groups is 1. The summed E-state index contributed by atoms with van der Waals surface area (Å²) in [5, 5.41) is 3.95. The molecular weight excluding hydrogens is 500 g/mol. The molecule has 0 spiro atoms. The lowest BCUT2D eigenvalue weighted by Crippen LogP contribution is -2.24. The summed E-state index contributed by atoms with van der Waals surface area (Å²) >= 11 is 6.75. The molecule has 0 atom stereocenters. The second-order valence-corrected chi connectivity index (χ2v) is 7.77. The number of nitrogens with zero attached hydrogens (tertiary/aromatic N) is 1. The number of halogens is 2. The molecule has 1 amide bonds. The normalized spacial score (nSPS) is 10.7. The van der Waals surface area contributed by atoms with Gasteiger partial charge in [-0.1, -0.05) is 46.3 Å². The standard InChI is InChI=1S/C22H18Br2N2O3/c23-18-8-11-21(20(24)12-18)29-15-22(27)26-25-13-16-6-9-19(10-7-16)28-14-17-4-2-1-3-5-17/h1-13H,14-15H2,(H,26,27)/b25-13+. The molecule has 3 rings (SSSR count). The van der Waals surface area contributed by atoms with Gasteiger partial charge in [-0.25, -0.2) is 5.43 Å². The third-order valence-electron chi connectivity index (χ3n) is 3.78. The minimum atomic E-state index is -0.348. The van der Waals surface area contributed by atoms with Gasteiger partial charge in [-0.2, -0.15) is 5.10 Å². The van der Waals surface area contributed by atoms with Crippen LogP contribution in [0.4, 0.5) is 0 Å². The lowest BCUT2D eigenvalue weighted by Gasteiger charge is -2.07. The van der Waals surface area contributed by atoms with E-state index in [9.17, 15) is 4.79 Å². The number of carbonyl (C=O) groups is 1. The summed E-state index contributed by atoms with van der Waals surface area (Å²) in [4.78, 5) is 11.9. The van der Waals surface area contributed by atoms with Crippen molar-refractivity contribution in [1.82, 2.24) is 5.43 Å². The highest BCUT2D eigenvalue weighted by atomic mass is 79.9. The van der Waals surface area contributed by atoms with Crippen LogP contribution in [0, 0.1) is 0 Å². The number of hydrogen-bond acceptors (Lipinski definition) is 4. The summed E-state index contributed by atoms with van der Waals surface area (Å²) in [6.45, 7) is 0.378. The summed E-state index contributed by atoms with van der Waals surface area (Å²) < 4.78 is 12.9. The number of carbonyl (C=O) groups excluding carboxylic acids is 1. The molecule has 0 saturated heterocycles. The second kappa shape index (κ2) is 10.8. The number of hydrogen-bond donors (Lipinski definition) is 1. The molecular formula is C22H18Br2N2O3. The van der Waals surface area contributed by atoms with Crippen LogP contribution >= 0.6 is 31.9 Å².